The molecule has 2 rings (SSSR count). The third-order valence-corrected chi connectivity index (χ3v) is 3.51. The molecule has 0 spiro atoms. The predicted molar refractivity (Wildman–Crippen MR) is 76.6 cm³/mol. The third kappa shape index (κ3) is 3.23. The minimum Gasteiger partial charge on any atom is -0.378 e. The number of hydrogen-bond donors (Lipinski definition) is 0. The summed E-state index contributed by atoms with van der Waals surface area (Å²) in [5.74, 6) is 0. The quantitative estimate of drug-likeness (QED) is 0.782. The number of carbonyl (C=O) groups excluding carboxylic acids is 1. The maximum atomic E-state index is 11.0. The first kappa shape index (κ1) is 14.2. The number of methoxy groups -OCH3 is 1. The van der Waals surface area contributed by atoms with Gasteiger partial charge in [-0.1, -0.05) is 39.7 Å². The van der Waals surface area contributed by atoms with Gasteiger partial charge in [0.05, 0.1) is 18.7 Å². The van der Waals surface area contributed by atoms with Crippen LogP contribution < -0.4 is 0 Å². The summed E-state index contributed by atoms with van der Waals surface area (Å²) >= 11 is 9.57. The van der Waals surface area contributed by atoms with Crippen LogP contribution in [-0.4, -0.2) is 23.2 Å². The summed E-state index contributed by atoms with van der Waals surface area (Å²) in [5, 5.41) is 4.64. The fraction of sp³-hybridized carbons (Fsp3) is 0.231. The Labute approximate surface area is 124 Å². The molecule has 0 saturated heterocycles. The SMILES string of the molecule is COCc1nn(Cc2cccc(Br)c2)c(Cl)c1C=O. The predicted octanol–water partition coefficient (Wildman–Crippen LogP) is 3.31. The Bertz CT molecular complexity index is 598. The van der Waals surface area contributed by atoms with Crippen molar-refractivity contribution in [1.82, 2.24) is 9.78 Å². The Morgan fingerprint density at radius 2 is 2.32 bits per heavy atom. The van der Waals surface area contributed by atoms with E-state index in [4.69, 9.17) is 16.3 Å². The van der Waals surface area contributed by atoms with E-state index in [1.54, 1.807) is 11.8 Å². The van der Waals surface area contributed by atoms with Gasteiger partial charge in [-0.15, -0.1) is 0 Å². The van der Waals surface area contributed by atoms with Crippen molar-refractivity contribution in [2.24, 2.45) is 0 Å². The van der Waals surface area contributed by atoms with Gasteiger partial charge < -0.3 is 4.74 Å². The van der Waals surface area contributed by atoms with Crippen molar-refractivity contribution in [2.45, 2.75) is 13.2 Å². The van der Waals surface area contributed by atoms with E-state index in [9.17, 15) is 4.79 Å². The van der Waals surface area contributed by atoms with E-state index in [0.717, 1.165) is 10.0 Å². The van der Waals surface area contributed by atoms with E-state index < -0.39 is 0 Å². The van der Waals surface area contributed by atoms with Crippen LogP contribution in [0.15, 0.2) is 28.7 Å². The van der Waals surface area contributed by atoms with Crippen LogP contribution in [0.25, 0.3) is 0 Å². The Morgan fingerprint density at radius 3 is 2.95 bits per heavy atom. The fourth-order valence-corrected chi connectivity index (χ4v) is 2.47. The molecule has 1 aromatic heterocycles. The molecule has 0 fully saturated rings. The summed E-state index contributed by atoms with van der Waals surface area (Å²) in [6.45, 7) is 0.766. The summed E-state index contributed by atoms with van der Waals surface area (Å²) in [6.07, 6.45) is 0.709. The van der Waals surface area contributed by atoms with Gasteiger partial charge in [0.25, 0.3) is 0 Å². The highest BCUT2D eigenvalue weighted by atomic mass is 79.9. The number of benzene rings is 1. The average Bonchev–Trinajstić information content (AvgIpc) is 2.66. The maximum absolute atomic E-state index is 11.0. The van der Waals surface area contributed by atoms with Crippen molar-refractivity contribution in [3.63, 3.8) is 0 Å². The molecule has 0 aliphatic carbocycles. The molecule has 1 heterocycles. The summed E-state index contributed by atoms with van der Waals surface area (Å²) in [4.78, 5) is 11.0. The lowest BCUT2D eigenvalue weighted by atomic mass is 10.2. The molecule has 0 unspecified atom stereocenters. The Kier molecular flexibility index (Phi) is 4.74. The van der Waals surface area contributed by atoms with Crippen molar-refractivity contribution in [2.75, 3.05) is 7.11 Å². The molecule has 0 bridgehead atoms. The standard InChI is InChI=1S/C13H12BrClN2O2/c1-19-8-12-11(7-18)13(15)17(16-12)6-9-3-2-4-10(14)5-9/h2-5,7H,6,8H2,1H3. The van der Waals surface area contributed by atoms with Crippen molar-refractivity contribution < 1.29 is 9.53 Å². The highest BCUT2D eigenvalue weighted by Crippen LogP contribution is 2.21. The van der Waals surface area contributed by atoms with Crippen LogP contribution >= 0.6 is 27.5 Å². The number of ether oxygens (including phenoxy) is 1. The van der Waals surface area contributed by atoms with Gasteiger partial charge in [0, 0.05) is 11.6 Å². The number of aromatic nitrogens is 2. The molecule has 6 heteroatoms. The Hall–Kier alpha value is -1.17. The smallest absolute Gasteiger partial charge is 0.155 e. The zero-order chi connectivity index (χ0) is 13.8. The maximum Gasteiger partial charge on any atom is 0.155 e. The van der Waals surface area contributed by atoms with E-state index in [0.29, 0.717) is 29.2 Å². The van der Waals surface area contributed by atoms with Crippen LogP contribution in [0.2, 0.25) is 5.15 Å². The van der Waals surface area contributed by atoms with Crippen LogP contribution in [0.4, 0.5) is 0 Å². The molecule has 0 atom stereocenters. The Balaban J connectivity index is 2.32. The largest absolute Gasteiger partial charge is 0.378 e. The van der Waals surface area contributed by atoms with Gasteiger partial charge in [0.1, 0.15) is 10.8 Å². The normalized spacial score (nSPS) is 10.7. The number of halogens is 2. The topological polar surface area (TPSA) is 44.1 Å². The van der Waals surface area contributed by atoms with Gasteiger partial charge in [-0.25, -0.2) is 4.68 Å². The first-order chi connectivity index (χ1) is 9.15. The summed E-state index contributed by atoms with van der Waals surface area (Å²) in [6, 6.07) is 7.84. The lowest BCUT2D eigenvalue weighted by Gasteiger charge is -2.04. The number of aldehydes is 1. The number of nitrogens with zero attached hydrogens (tertiary/aromatic N) is 2. The molecule has 2 aromatic rings. The summed E-state index contributed by atoms with van der Waals surface area (Å²) < 4.78 is 7.59. The molecular formula is C13H12BrClN2O2. The first-order valence-corrected chi connectivity index (χ1v) is 6.76. The summed E-state index contributed by atoms with van der Waals surface area (Å²) in [5.41, 5.74) is 1.98. The second-order valence-electron chi connectivity index (χ2n) is 3.99. The zero-order valence-corrected chi connectivity index (χ0v) is 12.6. The van der Waals surface area contributed by atoms with Crippen molar-refractivity contribution in [3.8, 4) is 0 Å². The van der Waals surface area contributed by atoms with E-state index in [-0.39, 0.29) is 6.61 Å². The number of rotatable bonds is 5. The van der Waals surface area contributed by atoms with E-state index in [1.807, 2.05) is 24.3 Å². The van der Waals surface area contributed by atoms with Gasteiger partial charge in [-0.3, -0.25) is 4.79 Å². The monoisotopic (exact) mass is 342 g/mol. The van der Waals surface area contributed by atoms with Crippen LogP contribution in [0.1, 0.15) is 21.6 Å². The molecule has 19 heavy (non-hydrogen) atoms. The highest BCUT2D eigenvalue weighted by Gasteiger charge is 2.15. The lowest BCUT2D eigenvalue weighted by Crippen LogP contribution is -2.02. The van der Waals surface area contributed by atoms with Gasteiger partial charge in [0.15, 0.2) is 6.29 Å². The minimum absolute atomic E-state index is 0.263. The Morgan fingerprint density at radius 1 is 1.53 bits per heavy atom. The van der Waals surface area contributed by atoms with Crippen molar-refractivity contribution >= 4 is 33.8 Å². The molecule has 0 saturated carbocycles. The molecular weight excluding hydrogens is 332 g/mol. The lowest BCUT2D eigenvalue weighted by molar-refractivity contribution is 0.111. The minimum atomic E-state index is 0.263. The van der Waals surface area contributed by atoms with Crippen molar-refractivity contribution in [1.29, 1.82) is 0 Å². The third-order valence-electron chi connectivity index (χ3n) is 2.62. The van der Waals surface area contributed by atoms with Crippen LogP contribution in [0.3, 0.4) is 0 Å². The molecule has 100 valence electrons. The van der Waals surface area contributed by atoms with Crippen LogP contribution in [0, 0.1) is 0 Å². The van der Waals surface area contributed by atoms with E-state index in [1.165, 1.54) is 0 Å². The molecule has 0 N–H and O–H groups in total. The zero-order valence-electron chi connectivity index (χ0n) is 10.3. The summed E-state index contributed by atoms with van der Waals surface area (Å²) in [7, 11) is 1.55. The molecule has 0 amide bonds. The fourth-order valence-electron chi connectivity index (χ4n) is 1.77. The molecule has 1 aromatic carbocycles. The molecule has 4 nitrogen and oxygen atoms in total. The molecule has 0 radical (unpaired) electrons. The average molecular weight is 344 g/mol. The van der Waals surface area contributed by atoms with Crippen LogP contribution in [-0.2, 0) is 17.9 Å². The first-order valence-electron chi connectivity index (χ1n) is 5.59. The second-order valence-corrected chi connectivity index (χ2v) is 5.26. The number of carbonyl (C=O) groups is 1. The molecule has 0 aliphatic heterocycles. The number of hydrogen-bond acceptors (Lipinski definition) is 3. The highest BCUT2D eigenvalue weighted by molar-refractivity contribution is 9.10. The van der Waals surface area contributed by atoms with Gasteiger partial charge >= 0.3 is 0 Å². The second kappa shape index (κ2) is 6.32. The van der Waals surface area contributed by atoms with Gasteiger partial charge in [-0.05, 0) is 17.7 Å². The van der Waals surface area contributed by atoms with Gasteiger partial charge in [-0.2, -0.15) is 5.10 Å². The van der Waals surface area contributed by atoms with Gasteiger partial charge in [0.2, 0.25) is 0 Å². The van der Waals surface area contributed by atoms with E-state index in [2.05, 4.69) is 21.0 Å². The van der Waals surface area contributed by atoms with Crippen molar-refractivity contribution in [3.05, 3.63) is 50.7 Å². The molecule has 0 aliphatic rings. The van der Waals surface area contributed by atoms with Crippen LogP contribution in [0.5, 0.6) is 0 Å². The van der Waals surface area contributed by atoms with E-state index >= 15 is 0 Å².